The average Bonchev–Trinajstić information content (AvgIpc) is 2.79. The summed E-state index contributed by atoms with van der Waals surface area (Å²) in [5, 5.41) is 15.3. The van der Waals surface area contributed by atoms with Gasteiger partial charge in [0, 0.05) is 12.6 Å². The zero-order chi connectivity index (χ0) is 26.2. The molecule has 0 heterocycles. The number of rotatable bonds is 9. The van der Waals surface area contributed by atoms with Crippen molar-refractivity contribution in [2.75, 3.05) is 6.61 Å². The summed E-state index contributed by atoms with van der Waals surface area (Å²) < 4.78 is 5.24. The third-order valence-corrected chi connectivity index (χ3v) is 5.21. The second kappa shape index (κ2) is 12.4. The number of carbonyl (C=O) groups excluding carboxylic acids is 3. The SMILES string of the molecule is Cc1ccc(C(C(=O)NCc2ccccc2)N(C(=O)C(CO)NC(=O)OC(C)(C)C)C(C)C)cc1. The lowest BCUT2D eigenvalue weighted by atomic mass is 10.00. The van der Waals surface area contributed by atoms with Gasteiger partial charge < -0.3 is 25.4 Å². The number of nitrogens with zero attached hydrogens (tertiary/aromatic N) is 1. The Morgan fingerprint density at radius 2 is 1.60 bits per heavy atom. The molecule has 2 aromatic rings. The molecule has 8 nitrogen and oxygen atoms in total. The number of aliphatic hydroxyl groups excluding tert-OH is 1. The first-order valence-corrected chi connectivity index (χ1v) is 11.7. The molecule has 0 fully saturated rings. The van der Waals surface area contributed by atoms with E-state index in [0.717, 1.165) is 11.1 Å². The number of ether oxygens (including phenoxy) is 1. The molecule has 8 heteroatoms. The molecule has 3 N–H and O–H groups in total. The molecule has 0 saturated carbocycles. The summed E-state index contributed by atoms with van der Waals surface area (Å²) in [5.74, 6) is -0.956. The topological polar surface area (TPSA) is 108 Å². The number of aliphatic hydroxyl groups is 1. The fourth-order valence-electron chi connectivity index (χ4n) is 3.56. The van der Waals surface area contributed by atoms with Crippen LogP contribution in [0.15, 0.2) is 54.6 Å². The highest BCUT2D eigenvalue weighted by Gasteiger charge is 2.37. The van der Waals surface area contributed by atoms with Gasteiger partial charge in [0.1, 0.15) is 17.7 Å². The van der Waals surface area contributed by atoms with E-state index in [2.05, 4.69) is 10.6 Å². The maximum absolute atomic E-state index is 13.6. The molecule has 3 amide bonds. The van der Waals surface area contributed by atoms with Crippen LogP contribution in [0.2, 0.25) is 0 Å². The lowest BCUT2D eigenvalue weighted by molar-refractivity contribution is -0.145. The molecule has 0 bridgehead atoms. The second-order valence-electron chi connectivity index (χ2n) is 9.74. The van der Waals surface area contributed by atoms with E-state index in [1.807, 2.05) is 49.4 Å². The van der Waals surface area contributed by atoms with E-state index >= 15 is 0 Å². The predicted molar refractivity (Wildman–Crippen MR) is 134 cm³/mol. The summed E-state index contributed by atoms with van der Waals surface area (Å²) >= 11 is 0. The summed E-state index contributed by atoms with van der Waals surface area (Å²) in [5.41, 5.74) is 1.79. The van der Waals surface area contributed by atoms with Gasteiger partial charge >= 0.3 is 6.09 Å². The fourth-order valence-corrected chi connectivity index (χ4v) is 3.56. The molecule has 0 aliphatic rings. The number of hydrogen-bond donors (Lipinski definition) is 3. The minimum Gasteiger partial charge on any atom is -0.444 e. The Morgan fingerprint density at radius 1 is 1.00 bits per heavy atom. The van der Waals surface area contributed by atoms with Crippen LogP contribution < -0.4 is 10.6 Å². The minimum atomic E-state index is -1.28. The van der Waals surface area contributed by atoms with Crippen LogP contribution in [-0.4, -0.2) is 52.2 Å². The van der Waals surface area contributed by atoms with Crippen molar-refractivity contribution in [2.24, 2.45) is 0 Å². The van der Waals surface area contributed by atoms with E-state index in [0.29, 0.717) is 12.1 Å². The van der Waals surface area contributed by atoms with Crippen molar-refractivity contribution in [3.8, 4) is 0 Å². The summed E-state index contributed by atoms with van der Waals surface area (Å²) in [6.45, 7) is 10.3. The van der Waals surface area contributed by atoms with Crippen LogP contribution >= 0.6 is 0 Å². The Kier molecular flexibility index (Phi) is 9.83. The highest BCUT2D eigenvalue weighted by molar-refractivity contribution is 5.92. The Morgan fingerprint density at radius 3 is 2.11 bits per heavy atom. The smallest absolute Gasteiger partial charge is 0.408 e. The van der Waals surface area contributed by atoms with Crippen LogP contribution in [0.1, 0.15) is 57.4 Å². The number of carbonyl (C=O) groups is 3. The van der Waals surface area contributed by atoms with E-state index in [-0.39, 0.29) is 5.91 Å². The number of amides is 3. The molecule has 0 spiro atoms. The van der Waals surface area contributed by atoms with E-state index < -0.39 is 42.3 Å². The zero-order valence-electron chi connectivity index (χ0n) is 21.4. The molecule has 0 aliphatic heterocycles. The number of hydrogen-bond acceptors (Lipinski definition) is 5. The molecule has 0 aliphatic carbocycles. The monoisotopic (exact) mass is 483 g/mol. The van der Waals surface area contributed by atoms with Crippen molar-refractivity contribution >= 4 is 17.9 Å². The van der Waals surface area contributed by atoms with Gasteiger partial charge in [-0.05, 0) is 52.7 Å². The normalized spacial score (nSPS) is 13.0. The third-order valence-electron chi connectivity index (χ3n) is 5.21. The molecular formula is C27H37N3O5. The molecule has 0 radical (unpaired) electrons. The highest BCUT2D eigenvalue weighted by atomic mass is 16.6. The van der Waals surface area contributed by atoms with Crippen LogP contribution in [-0.2, 0) is 20.9 Å². The molecular weight excluding hydrogens is 446 g/mol. The van der Waals surface area contributed by atoms with Gasteiger partial charge in [-0.2, -0.15) is 0 Å². The third kappa shape index (κ3) is 8.40. The molecule has 2 unspecified atom stereocenters. The Balaban J connectivity index is 2.36. The first kappa shape index (κ1) is 27.9. The number of nitrogens with one attached hydrogen (secondary N) is 2. The molecule has 2 rings (SSSR count). The van der Waals surface area contributed by atoms with E-state index in [1.54, 1.807) is 46.8 Å². The fraction of sp³-hybridized carbons (Fsp3) is 0.444. The van der Waals surface area contributed by atoms with E-state index in [9.17, 15) is 19.5 Å². The summed E-state index contributed by atoms with van der Waals surface area (Å²) in [6, 6.07) is 14.2. The maximum Gasteiger partial charge on any atom is 0.408 e. The van der Waals surface area contributed by atoms with Crippen LogP contribution in [0.3, 0.4) is 0 Å². The standard InChI is InChI=1S/C27H37N3O5/c1-18(2)30(25(33)22(17-31)29-26(34)35-27(4,5)6)23(21-14-12-19(3)13-15-21)24(32)28-16-20-10-8-7-9-11-20/h7-15,18,22-23,31H,16-17H2,1-6H3,(H,28,32)(H,29,34). The average molecular weight is 484 g/mol. The van der Waals surface area contributed by atoms with E-state index in [4.69, 9.17) is 4.74 Å². The van der Waals surface area contributed by atoms with E-state index in [1.165, 1.54) is 4.90 Å². The summed E-state index contributed by atoms with van der Waals surface area (Å²) in [4.78, 5) is 40.8. The molecule has 2 aromatic carbocycles. The van der Waals surface area contributed by atoms with Gasteiger partial charge in [0.2, 0.25) is 11.8 Å². The van der Waals surface area contributed by atoms with Crippen molar-refractivity contribution in [1.82, 2.24) is 15.5 Å². The quantitative estimate of drug-likeness (QED) is 0.506. The Bertz CT molecular complexity index is 984. The largest absolute Gasteiger partial charge is 0.444 e. The zero-order valence-corrected chi connectivity index (χ0v) is 21.4. The first-order chi connectivity index (χ1) is 16.4. The Labute approximate surface area is 207 Å². The van der Waals surface area contributed by atoms with Crippen molar-refractivity contribution < 1.29 is 24.2 Å². The lowest BCUT2D eigenvalue weighted by Crippen LogP contribution is -2.56. The van der Waals surface area contributed by atoms with Gasteiger partial charge in [0.15, 0.2) is 0 Å². The van der Waals surface area contributed by atoms with Crippen LogP contribution in [0.25, 0.3) is 0 Å². The van der Waals surface area contributed by atoms with Gasteiger partial charge in [0.25, 0.3) is 0 Å². The summed E-state index contributed by atoms with van der Waals surface area (Å²) in [7, 11) is 0. The highest BCUT2D eigenvalue weighted by Crippen LogP contribution is 2.25. The molecule has 0 aromatic heterocycles. The van der Waals surface area contributed by atoms with Crippen LogP contribution in [0.5, 0.6) is 0 Å². The van der Waals surface area contributed by atoms with Gasteiger partial charge in [-0.15, -0.1) is 0 Å². The van der Waals surface area contributed by atoms with Crippen molar-refractivity contribution in [3.63, 3.8) is 0 Å². The van der Waals surface area contributed by atoms with Crippen molar-refractivity contribution in [2.45, 2.75) is 71.8 Å². The van der Waals surface area contributed by atoms with Gasteiger partial charge in [-0.3, -0.25) is 9.59 Å². The molecule has 2 atom stereocenters. The van der Waals surface area contributed by atoms with Gasteiger partial charge in [-0.1, -0.05) is 60.2 Å². The number of benzene rings is 2. The second-order valence-corrected chi connectivity index (χ2v) is 9.74. The predicted octanol–water partition coefficient (Wildman–Crippen LogP) is 3.48. The number of alkyl carbamates (subject to hydrolysis) is 1. The molecule has 190 valence electrons. The molecule has 35 heavy (non-hydrogen) atoms. The number of aryl methyl sites for hydroxylation is 1. The first-order valence-electron chi connectivity index (χ1n) is 11.7. The van der Waals surface area contributed by atoms with Crippen molar-refractivity contribution in [3.05, 3.63) is 71.3 Å². The minimum absolute atomic E-state index is 0.293. The summed E-state index contributed by atoms with van der Waals surface area (Å²) in [6.07, 6.45) is -0.825. The lowest BCUT2D eigenvalue weighted by Gasteiger charge is -2.37. The van der Waals surface area contributed by atoms with Crippen LogP contribution in [0.4, 0.5) is 4.79 Å². The van der Waals surface area contributed by atoms with Crippen molar-refractivity contribution in [1.29, 1.82) is 0 Å². The van der Waals surface area contributed by atoms with Gasteiger partial charge in [0.05, 0.1) is 6.61 Å². The van der Waals surface area contributed by atoms with Gasteiger partial charge in [-0.25, -0.2) is 4.79 Å². The maximum atomic E-state index is 13.6. The molecule has 0 saturated heterocycles. The Hall–Kier alpha value is -3.39. The van der Waals surface area contributed by atoms with Crippen LogP contribution in [0, 0.1) is 6.92 Å².